The molecule has 0 atom stereocenters. The number of pyridine rings is 1. The molecular formula is C9H9ClN2OS. The van der Waals surface area contributed by atoms with Gasteiger partial charge in [0.05, 0.1) is 5.88 Å². The number of halogens is 1. The lowest BCUT2D eigenvalue weighted by Crippen LogP contribution is -2.27. The Kier molecular flexibility index (Phi) is 2.93. The van der Waals surface area contributed by atoms with Gasteiger partial charge in [-0.25, -0.2) is 4.98 Å². The van der Waals surface area contributed by atoms with Crippen molar-refractivity contribution < 1.29 is 4.79 Å². The zero-order valence-corrected chi connectivity index (χ0v) is 9.01. The second kappa shape index (κ2) is 4.19. The van der Waals surface area contributed by atoms with Gasteiger partial charge in [-0.2, -0.15) is 0 Å². The SMILES string of the molecule is O=C(c1ccnc(Cl)c1)N1CCSC1. The zero-order valence-electron chi connectivity index (χ0n) is 7.44. The van der Waals surface area contributed by atoms with Crippen molar-refractivity contribution in [1.82, 2.24) is 9.88 Å². The van der Waals surface area contributed by atoms with E-state index in [4.69, 9.17) is 11.6 Å². The molecule has 74 valence electrons. The lowest BCUT2D eigenvalue weighted by molar-refractivity contribution is 0.0802. The minimum Gasteiger partial charge on any atom is -0.329 e. The molecule has 1 amide bonds. The molecule has 0 aliphatic carbocycles. The maximum atomic E-state index is 11.8. The molecule has 0 saturated carbocycles. The third-order valence-corrected chi connectivity index (χ3v) is 3.19. The van der Waals surface area contributed by atoms with E-state index in [2.05, 4.69) is 4.98 Å². The van der Waals surface area contributed by atoms with Crippen LogP contribution in [0.4, 0.5) is 0 Å². The molecule has 3 nitrogen and oxygen atoms in total. The molecular weight excluding hydrogens is 220 g/mol. The highest BCUT2D eigenvalue weighted by Crippen LogP contribution is 2.17. The fourth-order valence-corrected chi connectivity index (χ4v) is 2.41. The molecule has 0 radical (unpaired) electrons. The smallest absolute Gasteiger partial charge is 0.254 e. The zero-order chi connectivity index (χ0) is 9.97. The van der Waals surface area contributed by atoms with Gasteiger partial charge in [-0.15, -0.1) is 11.8 Å². The third-order valence-electron chi connectivity index (χ3n) is 2.01. The number of aromatic nitrogens is 1. The van der Waals surface area contributed by atoms with Gasteiger partial charge in [-0.3, -0.25) is 4.79 Å². The summed E-state index contributed by atoms with van der Waals surface area (Å²) in [5.74, 6) is 1.84. The molecule has 1 aliphatic heterocycles. The highest BCUT2D eigenvalue weighted by molar-refractivity contribution is 7.99. The van der Waals surface area contributed by atoms with E-state index < -0.39 is 0 Å². The summed E-state index contributed by atoms with van der Waals surface area (Å²) in [4.78, 5) is 17.5. The third kappa shape index (κ3) is 2.01. The monoisotopic (exact) mass is 228 g/mol. The van der Waals surface area contributed by atoms with E-state index in [0.29, 0.717) is 10.7 Å². The highest BCUT2D eigenvalue weighted by Gasteiger charge is 2.19. The van der Waals surface area contributed by atoms with Crippen LogP contribution < -0.4 is 0 Å². The Bertz CT molecular complexity index is 352. The van der Waals surface area contributed by atoms with Crippen LogP contribution in [0.1, 0.15) is 10.4 Å². The molecule has 2 heterocycles. The Morgan fingerprint density at radius 3 is 3.14 bits per heavy atom. The average Bonchev–Trinajstić information content (AvgIpc) is 2.69. The summed E-state index contributed by atoms with van der Waals surface area (Å²) in [5, 5.41) is 0.364. The molecule has 1 aromatic heterocycles. The quantitative estimate of drug-likeness (QED) is 0.689. The van der Waals surface area contributed by atoms with E-state index in [9.17, 15) is 4.79 Å². The molecule has 0 bridgehead atoms. The Morgan fingerprint density at radius 1 is 1.64 bits per heavy atom. The van der Waals surface area contributed by atoms with Crippen LogP contribution in [0.2, 0.25) is 5.15 Å². The minimum atomic E-state index is 0.0410. The first-order valence-electron chi connectivity index (χ1n) is 4.26. The van der Waals surface area contributed by atoms with Gasteiger partial charge in [0.15, 0.2) is 0 Å². The van der Waals surface area contributed by atoms with Crippen LogP contribution >= 0.6 is 23.4 Å². The first-order chi connectivity index (χ1) is 6.77. The van der Waals surface area contributed by atoms with Gasteiger partial charge in [0.25, 0.3) is 5.91 Å². The number of nitrogens with zero attached hydrogens (tertiary/aromatic N) is 2. The molecule has 0 spiro atoms. The number of thioether (sulfide) groups is 1. The maximum Gasteiger partial charge on any atom is 0.254 e. The van der Waals surface area contributed by atoms with Crippen molar-refractivity contribution in [3.8, 4) is 0 Å². The summed E-state index contributed by atoms with van der Waals surface area (Å²) >= 11 is 7.47. The van der Waals surface area contributed by atoms with Gasteiger partial charge < -0.3 is 4.90 Å². The largest absolute Gasteiger partial charge is 0.329 e. The Hall–Kier alpha value is -0.740. The van der Waals surface area contributed by atoms with Crippen molar-refractivity contribution in [2.45, 2.75) is 0 Å². The highest BCUT2D eigenvalue weighted by atomic mass is 35.5. The second-order valence-corrected chi connectivity index (χ2v) is 4.44. The number of carbonyl (C=O) groups is 1. The Morgan fingerprint density at radius 2 is 2.50 bits per heavy atom. The molecule has 0 N–H and O–H groups in total. The summed E-state index contributed by atoms with van der Waals surface area (Å²) in [6.45, 7) is 0.823. The van der Waals surface area contributed by atoms with Gasteiger partial charge in [-0.1, -0.05) is 11.6 Å². The molecule has 1 aromatic rings. The predicted octanol–water partition coefficient (Wildman–Crippen LogP) is 1.88. The van der Waals surface area contributed by atoms with Crippen LogP contribution in [0, 0.1) is 0 Å². The minimum absolute atomic E-state index is 0.0410. The van der Waals surface area contributed by atoms with E-state index in [1.54, 1.807) is 30.1 Å². The number of hydrogen-bond acceptors (Lipinski definition) is 3. The average molecular weight is 229 g/mol. The van der Waals surface area contributed by atoms with Gasteiger partial charge in [0.1, 0.15) is 5.15 Å². The number of carbonyl (C=O) groups excluding carboxylic acids is 1. The van der Waals surface area contributed by atoms with Crippen LogP contribution in [0.3, 0.4) is 0 Å². The summed E-state index contributed by atoms with van der Waals surface area (Å²) in [7, 11) is 0. The predicted molar refractivity (Wildman–Crippen MR) is 57.6 cm³/mol. The maximum absolute atomic E-state index is 11.8. The lowest BCUT2D eigenvalue weighted by atomic mass is 10.2. The van der Waals surface area contributed by atoms with E-state index in [0.717, 1.165) is 18.2 Å². The fourth-order valence-electron chi connectivity index (χ4n) is 1.29. The van der Waals surface area contributed by atoms with Crippen molar-refractivity contribution in [1.29, 1.82) is 0 Å². The van der Waals surface area contributed by atoms with Crippen LogP contribution in [0.25, 0.3) is 0 Å². The molecule has 14 heavy (non-hydrogen) atoms. The van der Waals surface area contributed by atoms with Crippen LogP contribution in [-0.2, 0) is 0 Å². The van der Waals surface area contributed by atoms with E-state index >= 15 is 0 Å². The van der Waals surface area contributed by atoms with Crippen LogP contribution in [0.15, 0.2) is 18.3 Å². The van der Waals surface area contributed by atoms with E-state index in [1.807, 2.05) is 4.90 Å². The number of rotatable bonds is 1. The molecule has 0 unspecified atom stereocenters. The summed E-state index contributed by atoms with van der Waals surface area (Å²) < 4.78 is 0. The summed E-state index contributed by atoms with van der Waals surface area (Å²) in [6.07, 6.45) is 1.55. The van der Waals surface area contributed by atoms with Crippen molar-refractivity contribution in [3.05, 3.63) is 29.0 Å². The normalized spacial score (nSPS) is 15.9. The first-order valence-corrected chi connectivity index (χ1v) is 5.79. The molecule has 1 fully saturated rings. The first kappa shape index (κ1) is 9.80. The molecule has 5 heteroatoms. The molecule has 1 aliphatic rings. The topological polar surface area (TPSA) is 33.2 Å². The van der Waals surface area contributed by atoms with Crippen LogP contribution in [0.5, 0.6) is 0 Å². The lowest BCUT2D eigenvalue weighted by Gasteiger charge is -2.13. The van der Waals surface area contributed by atoms with Crippen molar-refractivity contribution in [2.24, 2.45) is 0 Å². The van der Waals surface area contributed by atoms with Gasteiger partial charge in [0.2, 0.25) is 0 Å². The van der Waals surface area contributed by atoms with Gasteiger partial charge in [-0.05, 0) is 12.1 Å². The van der Waals surface area contributed by atoms with Crippen molar-refractivity contribution in [3.63, 3.8) is 0 Å². The number of hydrogen-bond donors (Lipinski definition) is 0. The molecule has 2 rings (SSSR count). The summed E-state index contributed by atoms with van der Waals surface area (Å²) in [5.41, 5.74) is 0.618. The van der Waals surface area contributed by atoms with Crippen LogP contribution in [-0.4, -0.2) is 34.0 Å². The Labute approximate surface area is 91.5 Å². The van der Waals surface area contributed by atoms with Crippen molar-refractivity contribution in [2.75, 3.05) is 18.2 Å². The Balaban J connectivity index is 2.17. The standard InChI is InChI=1S/C9H9ClN2OS/c10-8-5-7(1-2-11-8)9(13)12-3-4-14-6-12/h1-2,5H,3-4,6H2. The summed E-state index contributed by atoms with van der Waals surface area (Å²) in [6, 6.07) is 3.30. The van der Waals surface area contributed by atoms with E-state index in [-0.39, 0.29) is 5.91 Å². The van der Waals surface area contributed by atoms with Gasteiger partial charge >= 0.3 is 0 Å². The fraction of sp³-hybridized carbons (Fsp3) is 0.333. The van der Waals surface area contributed by atoms with Crippen molar-refractivity contribution >= 4 is 29.3 Å². The second-order valence-electron chi connectivity index (χ2n) is 2.97. The van der Waals surface area contributed by atoms with Gasteiger partial charge in [0, 0.05) is 24.1 Å². The van der Waals surface area contributed by atoms with E-state index in [1.165, 1.54) is 0 Å². The number of amides is 1. The molecule has 0 aromatic carbocycles. The molecule has 1 saturated heterocycles.